The van der Waals surface area contributed by atoms with Crippen LogP contribution in [-0.4, -0.2) is 77.2 Å². The first kappa shape index (κ1) is 23.5. The fraction of sp³-hybridized carbons (Fsp3) is 0.533. The van der Waals surface area contributed by atoms with Gasteiger partial charge in [-0.1, -0.05) is 0 Å². The molecule has 0 fully saturated rings. The maximum atomic E-state index is 11.5. The minimum absolute atomic E-state index is 0.120. The lowest BCUT2D eigenvalue weighted by Gasteiger charge is -2.08. The van der Waals surface area contributed by atoms with Gasteiger partial charge < -0.3 is 39.4 Å². The maximum Gasteiger partial charge on any atom is 0.518 e. The Morgan fingerprint density at radius 2 is 1.15 bits per heavy atom. The van der Waals surface area contributed by atoms with Crippen molar-refractivity contribution in [3.63, 3.8) is 0 Å². The first-order chi connectivity index (χ1) is 12.2. The summed E-state index contributed by atoms with van der Waals surface area (Å²) in [5.41, 5.74) is -0.240. The molecule has 0 aliphatic rings. The van der Waals surface area contributed by atoms with E-state index in [1.165, 1.54) is 13.8 Å². The van der Waals surface area contributed by atoms with Crippen LogP contribution in [-0.2, 0) is 28.5 Å². The molecule has 0 aliphatic heterocycles. The van der Waals surface area contributed by atoms with Crippen LogP contribution >= 0.6 is 0 Å². The zero-order chi connectivity index (χ0) is 20.1. The summed E-state index contributed by atoms with van der Waals surface area (Å²) >= 11 is 0. The molecule has 0 amide bonds. The van der Waals surface area contributed by atoms with E-state index in [0.717, 1.165) is 12.5 Å². The van der Waals surface area contributed by atoms with E-state index >= 15 is 0 Å². The van der Waals surface area contributed by atoms with Gasteiger partial charge in [-0.15, -0.1) is 0 Å². The number of hydrogen-bond donors (Lipinski definition) is 4. The quantitative estimate of drug-likeness (QED) is 0.155. The van der Waals surface area contributed by atoms with Gasteiger partial charge in [0.2, 0.25) is 0 Å². The maximum absolute atomic E-state index is 11.5. The first-order valence-corrected chi connectivity index (χ1v) is 7.34. The number of aliphatic hydroxyl groups excluding tert-OH is 4. The van der Waals surface area contributed by atoms with Gasteiger partial charge in [-0.3, -0.25) is 0 Å². The predicted octanol–water partition coefficient (Wildman–Crippen LogP) is -1.26. The van der Waals surface area contributed by atoms with Crippen LogP contribution in [0.4, 0.5) is 4.79 Å². The lowest BCUT2D eigenvalue weighted by molar-refractivity contribution is -0.143. The van der Waals surface area contributed by atoms with Crippen LogP contribution in [0.3, 0.4) is 0 Å². The number of hydrogen-bond acceptors (Lipinski definition) is 11. The second-order valence-electron chi connectivity index (χ2n) is 4.96. The number of aliphatic hydroxyl groups is 4. The molecule has 11 heteroatoms. The highest BCUT2D eigenvalue weighted by Gasteiger charge is 2.13. The van der Waals surface area contributed by atoms with E-state index in [1.807, 2.05) is 0 Å². The SMILES string of the molecule is CC(=COC(=O)OC=C(C)C(=O)OCC(O)CO)C(=O)OCC(O)CO. The highest BCUT2D eigenvalue weighted by atomic mass is 16.7. The number of rotatable bonds is 10. The molecule has 0 aromatic heterocycles. The van der Waals surface area contributed by atoms with Crippen molar-refractivity contribution >= 4 is 18.1 Å². The zero-order valence-corrected chi connectivity index (χ0v) is 14.3. The van der Waals surface area contributed by atoms with Crippen LogP contribution in [0, 0.1) is 0 Å². The summed E-state index contributed by atoms with van der Waals surface area (Å²) in [6.07, 6.45) is -2.20. The second kappa shape index (κ2) is 12.8. The molecule has 148 valence electrons. The van der Waals surface area contributed by atoms with Gasteiger partial charge in [-0.05, 0) is 13.8 Å². The van der Waals surface area contributed by atoms with Gasteiger partial charge in [-0.2, -0.15) is 0 Å². The Morgan fingerprint density at radius 1 is 0.808 bits per heavy atom. The Morgan fingerprint density at radius 3 is 1.46 bits per heavy atom. The fourth-order valence-corrected chi connectivity index (χ4v) is 1.07. The molecule has 0 aliphatic carbocycles. The van der Waals surface area contributed by atoms with Crippen LogP contribution in [0.15, 0.2) is 23.7 Å². The largest absolute Gasteiger partial charge is 0.518 e. The van der Waals surface area contributed by atoms with Crippen molar-refractivity contribution in [1.82, 2.24) is 0 Å². The summed E-state index contributed by atoms with van der Waals surface area (Å²) < 4.78 is 18.2. The normalized spacial score (nSPS) is 14.2. The molecule has 0 aromatic carbocycles. The van der Waals surface area contributed by atoms with E-state index in [0.29, 0.717) is 0 Å². The first-order valence-electron chi connectivity index (χ1n) is 7.34. The summed E-state index contributed by atoms with van der Waals surface area (Å²) in [5, 5.41) is 35.2. The lowest BCUT2D eigenvalue weighted by Crippen LogP contribution is -2.22. The molecule has 0 saturated heterocycles. The molecule has 2 unspecified atom stereocenters. The molecular formula is C15H22O11. The Labute approximate surface area is 149 Å². The molecule has 0 saturated carbocycles. The fourth-order valence-electron chi connectivity index (χ4n) is 1.07. The van der Waals surface area contributed by atoms with Crippen LogP contribution in [0.25, 0.3) is 0 Å². The third-order valence-corrected chi connectivity index (χ3v) is 2.54. The molecule has 0 spiro atoms. The van der Waals surface area contributed by atoms with Gasteiger partial charge in [-0.25, -0.2) is 14.4 Å². The summed E-state index contributed by atoms with van der Waals surface area (Å²) in [7, 11) is 0. The van der Waals surface area contributed by atoms with Gasteiger partial charge >= 0.3 is 18.1 Å². The summed E-state index contributed by atoms with van der Waals surface area (Å²) in [5.74, 6) is -1.77. The highest BCUT2D eigenvalue weighted by Crippen LogP contribution is 2.02. The van der Waals surface area contributed by atoms with Gasteiger partial charge in [0.15, 0.2) is 0 Å². The molecule has 0 aromatic rings. The lowest BCUT2D eigenvalue weighted by atomic mass is 10.3. The topological polar surface area (TPSA) is 169 Å². The molecule has 0 bridgehead atoms. The van der Waals surface area contributed by atoms with Gasteiger partial charge in [0.1, 0.15) is 37.9 Å². The van der Waals surface area contributed by atoms with Gasteiger partial charge in [0, 0.05) is 0 Å². The van der Waals surface area contributed by atoms with E-state index < -0.39 is 56.7 Å². The van der Waals surface area contributed by atoms with Crippen molar-refractivity contribution in [3.05, 3.63) is 23.7 Å². The van der Waals surface area contributed by atoms with Crippen LogP contribution < -0.4 is 0 Å². The highest BCUT2D eigenvalue weighted by molar-refractivity contribution is 5.88. The van der Waals surface area contributed by atoms with E-state index in [-0.39, 0.29) is 11.1 Å². The number of carbonyl (C=O) groups is 3. The monoisotopic (exact) mass is 378 g/mol. The standard InChI is InChI=1S/C15H22O11/c1-9(13(20)23-7-11(18)3-16)5-25-15(22)26-6-10(2)14(21)24-8-12(19)4-17/h5-6,11-12,16-19H,3-4,7-8H2,1-2H3. The Kier molecular flexibility index (Phi) is 11.6. The Bertz CT molecular complexity index is 492. The smallest absolute Gasteiger partial charge is 0.459 e. The third-order valence-electron chi connectivity index (χ3n) is 2.54. The molecule has 4 N–H and O–H groups in total. The van der Waals surface area contributed by atoms with Crippen molar-refractivity contribution < 1.29 is 53.8 Å². The number of ether oxygens (including phenoxy) is 4. The molecule has 0 rings (SSSR count). The summed E-state index contributed by atoms with van der Waals surface area (Å²) in [6, 6.07) is 0. The van der Waals surface area contributed by atoms with Crippen molar-refractivity contribution in [2.75, 3.05) is 26.4 Å². The Balaban J connectivity index is 4.34. The van der Waals surface area contributed by atoms with Crippen LogP contribution in [0.1, 0.15) is 13.8 Å². The molecular weight excluding hydrogens is 356 g/mol. The van der Waals surface area contributed by atoms with E-state index in [2.05, 4.69) is 18.9 Å². The van der Waals surface area contributed by atoms with Crippen molar-refractivity contribution in [2.24, 2.45) is 0 Å². The van der Waals surface area contributed by atoms with E-state index in [9.17, 15) is 14.4 Å². The minimum Gasteiger partial charge on any atom is -0.459 e. The van der Waals surface area contributed by atoms with Crippen molar-refractivity contribution in [3.8, 4) is 0 Å². The average molecular weight is 378 g/mol. The van der Waals surface area contributed by atoms with E-state index in [4.69, 9.17) is 20.4 Å². The zero-order valence-electron chi connectivity index (χ0n) is 14.3. The molecule has 26 heavy (non-hydrogen) atoms. The predicted molar refractivity (Wildman–Crippen MR) is 83.2 cm³/mol. The van der Waals surface area contributed by atoms with Gasteiger partial charge in [0.05, 0.1) is 24.4 Å². The van der Waals surface area contributed by atoms with Crippen LogP contribution in [0.5, 0.6) is 0 Å². The third kappa shape index (κ3) is 10.4. The van der Waals surface area contributed by atoms with Gasteiger partial charge in [0.25, 0.3) is 0 Å². The summed E-state index contributed by atoms with van der Waals surface area (Å²) in [6.45, 7) is 0.523. The van der Waals surface area contributed by atoms with Crippen LogP contribution in [0.2, 0.25) is 0 Å². The number of esters is 2. The summed E-state index contributed by atoms with van der Waals surface area (Å²) in [4.78, 5) is 34.3. The Hall–Kier alpha value is -2.47. The molecule has 11 nitrogen and oxygen atoms in total. The average Bonchev–Trinajstić information content (AvgIpc) is 2.65. The second-order valence-corrected chi connectivity index (χ2v) is 4.96. The number of carbonyl (C=O) groups excluding carboxylic acids is 3. The van der Waals surface area contributed by atoms with E-state index in [1.54, 1.807) is 0 Å². The van der Waals surface area contributed by atoms with Crippen molar-refractivity contribution in [2.45, 2.75) is 26.1 Å². The molecule has 0 heterocycles. The minimum atomic E-state index is -1.25. The molecule has 2 atom stereocenters. The van der Waals surface area contributed by atoms with Crippen molar-refractivity contribution in [1.29, 1.82) is 0 Å². The molecule has 0 radical (unpaired) electrons.